The molecule has 0 bridgehead atoms. The second-order valence-corrected chi connectivity index (χ2v) is 9.25. The second kappa shape index (κ2) is 7.72. The van der Waals surface area contributed by atoms with Crippen LogP contribution in [0.5, 0.6) is 0 Å². The van der Waals surface area contributed by atoms with Crippen molar-refractivity contribution in [3.05, 3.63) is 57.6 Å². The van der Waals surface area contributed by atoms with Crippen LogP contribution >= 0.6 is 0 Å². The standard InChI is InChI=1S/C21H28N2O3S/c1-13-8-15(3)20(16(4)9-13)22-19(24)12-23(27(7,25)26)21-17(5)10-14(2)11-18(21)6/h8-11H,12H2,1-7H3,(H,22,24). The summed E-state index contributed by atoms with van der Waals surface area (Å²) < 4.78 is 26.1. The molecule has 0 aromatic heterocycles. The van der Waals surface area contributed by atoms with E-state index < -0.39 is 10.0 Å². The number of hydrogen-bond acceptors (Lipinski definition) is 3. The SMILES string of the molecule is Cc1cc(C)c(NC(=O)CN(c2c(C)cc(C)cc2C)S(C)(=O)=O)c(C)c1. The van der Waals surface area contributed by atoms with Crippen LogP contribution in [0.2, 0.25) is 0 Å². The van der Waals surface area contributed by atoms with Crippen LogP contribution in [-0.4, -0.2) is 27.1 Å². The van der Waals surface area contributed by atoms with Gasteiger partial charge in [-0.15, -0.1) is 0 Å². The molecule has 2 rings (SSSR count). The molecule has 0 spiro atoms. The van der Waals surface area contributed by atoms with E-state index in [4.69, 9.17) is 0 Å². The zero-order valence-electron chi connectivity index (χ0n) is 17.1. The van der Waals surface area contributed by atoms with Crippen LogP contribution in [-0.2, 0) is 14.8 Å². The number of anilines is 2. The number of sulfonamides is 1. The van der Waals surface area contributed by atoms with Crippen molar-refractivity contribution in [2.24, 2.45) is 0 Å². The Hall–Kier alpha value is -2.34. The normalized spacial score (nSPS) is 11.4. The highest BCUT2D eigenvalue weighted by Crippen LogP contribution is 2.28. The molecule has 0 fully saturated rings. The molecule has 146 valence electrons. The Kier molecular flexibility index (Phi) is 6.00. The predicted molar refractivity (Wildman–Crippen MR) is 112 cm³/mol. The van der Waals surface area contributed by atoms with E-state index in [9.17, 15) is 13.2 Å². The highest BCUT2D eigenvalue weighted by molar-refractivity contribution is 7.92. The average Bonchev–Trinajstić information content (AvgIpc) is 2.48. The summed E-state index contributed by atoms with van der Waals surface area (Å²) in [5.74, 6) is -0.366. The summed E-state index contributed by atoms with van der Waals surface area (Å²) in [7, 11) is -3.62. The van der Waals surface area contributed by atoms with Gasteiger partial charge in [-0.1, -0.05) is 35.4 Å². The number of nitrogens with zero attached hydrogens (tertiary/aromatic N) is 1. The van der Waals surface area contributed by atoms with Gasteiger partial charge in [0.2, 0.25) is 15.9 Å². The fraction of sp³-hybridized carbons (Fsp3) is 0.381. The lowest BCUT2D eigenvalue weighted by atomic mass is 10.0. The Morgan fingerprint density at radius 2 is 1.26 bits per heavy atom. The molecule has 0 atom stereocenters. The van der Waals surface area contributed by atoms with E-state index in [-0.39, 0.29) is 12.5 Å². The lowest BCUT2D eigenvalue weighted by Gasteiger charge is -2.26. The average molecular weight is 389 g/mol. The third-order valence-corrected chi connectivity index (χ3v) is 5.63. The Morgan fingerprint density at radius 1 is 0.852 bits per heavy atom. The van der Waals surface area contributed by atoms with E-state index in [1.54, 1.807) is 0 Å². The van der Waals surface area contributed by atoms with Crippen molar-refractivity contribution in [2.45, 2.75) is 41.5 Å². The largest absolute Gasteiger partial charge is 0.324 e. The van der Waals surface area contributed by atoms with Crippen molar-refractivity contribution in [3.63, 3.8) is 0 Å². The number of carbonyl (C=O) groups is 1. The third-order valence-electron chi connectivity index (χ3n) is 4.51. The highest BCUT2D eigenvalue weighted by atomic mass is 32.2. The molecule has 1 N–H and O–H groups in total. The van der Waals surface area contributed by atoms with Crippen LogP contribution < -0.4 is 9.62 Å². The molecule has 27 heavy (non-hydrogen) atoms. The molecule has 0 radical (unpaired) electrons. The molecule has 2 aromatic rings. The molecule has 1 amide bonds. The first-order valence-corrected chi connectivity index (χ1v) is 10.7. The van der Waals surface area contributed by atoms with Gasteiger partial charge < -0.3 is 5.32 Å². The van der Waals surface area contributed by atoms with E-state index in [2.05, 4.69) is 5.32 Å². The van der Waals surface area contributed by atoms with Crippen LogP contribution in [0, 0.1) is 41.5 Å². The third kappa shape index (κ3) is 4.89. The van der Waals surface area contributed by atoms with Crippen LogP contribution in [0.25, 0.3) is 0 Å². The Balaban J connectivity index is 2.38. The zero-order chi connectivity index (χ0) is 20.5. The topological polar surface area (TPSA) is 66.5 Å². The lowest BCUT2D eigenvalue weighted by Crippen LogP contribution is -2.38. The summed E-state index contributed by atoms with van der Waals surface area (Å²) in [6.07, 6.45) is 1.13. The van der Waals surface area contributed by atoms with E-state index in [1.165, 1.54) is 4.31 Å². The molecule has 0 saturated heterocycles. The Morgan fingerprint density at radius 3 is 1.67 bits per heavy atom. The Labute approximate surface area is 162 Å². The van der Waals surface area contributed by atoms with Crippen molar-refractivity contribution in [2.75, 3.05) is 22.4 Å². The number of nitrogens with one attached hydrogen (secondary N) is 1. The molecule has 0 saturated carbocycles. The Bertz CT molecular complexity index is 948. The summed E-state index contributed by atoms with van der Waals surface area (Å²) in [4.78, 5) is 12.7. The van der Waals surface area contributed by atoms with Crippen molar-refractivity contribution >= 4 is 27.3 Å². The maximum absolute atomic E-state index is 12.7. The highest BCUT2D eigenvalue weighted by Gasteiger charge is 2.24. The molecular formula is C21H28N2O3S. The first-order valence-electron chi connectivity index (χ1n) is 8.83. The number of amides is 1. The first-order chi connectivity index (χ1) is 12.4. The zero-order valence-corrected chi connectivity index (χ0v) is 17.9. The lowest BCUT2D eigenvalue weighted by molar-refractivity contribution is -0.114. The maximum atomic E-state index is 12.7. The van der Waals surface area contributed by atoms with E-state index >= 15 is 0 Å². The van der Waals surface area contributed by atoms with Gasteiger partial charge in [0.1, 0.15) is 6.54 Å². The molecule has 6 heteroatoms. The summed E-state index contributed by atoms with van der Waals surface area (Å²) in [5, 5.41) is 2.88. The van der Waals surface area contributed by atoms with Gasteiger partial charge in [0.05, 0.1) is 11.9 Å². The van der Waals surface area contributed by atoms with Gasteiger partial charge >= 0.3 is 0 Å². The summed E-state index contributed by atoms with van der Waals surface area (Å²) >= 11 is 0. The molecule has 0 aliphatic carbocycles. The molecule has 0 heterocycles. The summed E-state index contributed by atoms with van der Waals surface area (Å²) in [6.45, 7) is 11.3. The van der Waals surface area contributed by atoms with Gasteiger partial charge in [0.25, 0.3) is 0 Å². The van der Waals surface area contributed by atoms with Gasteiger partial charge in [-0.2, -0.15) is 0 Å². The summed E-state index contributed by atoms with van der Waals surface area (Å²) in [5.41, 5.74) is 7.03. The number of aryl methyl sites for hydroxylation is 6. The quantitative estimate of drug-likeness (QED) is 0.844. The predicted octanol–water partition coefficient (Wildman–Crippen LogP) is 3.94. The minimum Gasteiger partial charge on any atom is -0.324 e. The van der Waals surface area contributed by atoms with Gasteiger partial charge in [-0.25, -0.2) is 8.42 Å². The van der Waals surface area contributed by atoms with Crippen molar-refractivity contribution in [3.8, 4) is 0 Å². The molecular weight excluding hydrogens is 360 g/mol. The monoisotopic (exact) mass is 388 g/mol. The van der Waals surface area contributed by atoms with Gasteiger partial charge in [0, 0.05) is 5.69 Å². The number of carbonyl (C=O) groups excluding carboxylic acids is 1. The molecule has 5 nitrogen and oxygen atoms in total. The fourth-order valence-corrected chi connectivity index (χ4v) is 4.59. The van der Waals surface area contributed by atoms with Crippen LogP contribution in [0.4, 0.5) is 11.4 Å². The van der Waals surface area contributed by atoms with E-state index in [0.29, 0.717) is 5.69 Å². The first kappa shape index (κ1) is 21.0. The number of benzene rings is 2. The second-order valence-electron chi connectivity index (χ2n) is 7.34. The minimum absolute atomic E-state index is 0.268. The molecule has 0 aliphatic rings. The van der Waals surface area contributed by atoms with Crippen molar-refractivity contribution in [1.82, 2.24) is 0 Å². The van der Waals surface area contributed by atoms with Gasteiger partial charge in [-0.3, -0.25) is 9.10 Å². The van der Waals surface area contributed by atoms with E-state index in [0.717, 1.165) is 45.3 Å². The maximum Gasteiger partial charge on any atom is 0.245 e. The van der Waals surface area contributed by atoms with Crippen molar-refractivity contribution in [1.29, 1.82) is 0 Å². The number of rotatable bonds is 5. The smallest absolute Gasteiger partial charge is 0.245 e. The molecule has 2 aromatic carbocycles. The van der Waals surface area contributed by atoms with Crippen LogP contribution in [0.3, 0.4) is 0 Å². The number of hydrogen-bond donors (Lipinski definition) is 1. The van der Waals surface area contributed by atoms with Crippen LogP contribution in [0.15, 0.2) is 24.3 Å². The summed E-state index contributed by atoms with van der Waals surface area (Å²) in [6, 6.07) is 7.83. The van der Waals surface area contributed by atoms with E-state index in [1.807, 2.05) is 65.8 Å². The molecule has 0 unspecified atom stereocenters. The van der Waals surface area contributed by atoms with Gasteiger partial charge in [-0.05, 0) is 63.8 Å². The van der Waals surface area contributed by atoms with Crippen molar-refractivity contribution < 1.29 is 13.2 Å². The minimum atomic E-state index is -3.62. The fourth-order valence-electron chi connectivity index (χ4n) is 3.61. The van der Waals surface area contributed by atoms with Gasteiger partial charge in [0.15, 0.2) is 0 Å². The van der Waals surface area contributed by atoms with Crippen LogP contribution in [0.1, 0.15) is 33.4 Å². The molecule has 0 aliphatic heterocycles.